The smallest absolute Gasteiger partial charge is 0.308 e. The number of carbonyl (C=O) groups is 1. The van der Waals surface area contributed by atoms with Crippen LogP contribution in [0.1, 0.15) is 12.5 Å². The highest BCUT2D eigenvalue weighted by atomic mass is 32.2. The second kappa shape index (κ2) is 6.23. The number of hydrogen-bond acceptors (Lipinski definition) is 4. The van der Waals surface area contributed by atoms with Crippen LogP contribution in [0.25, 0.3) is 5.69 Å². The molecule has 0 saturated carbocycles. The van der Waals surface area contributed by atoms with Gasteiger partial charge in [-0.3, -0.25) is 4.79 Å². The van der Waals surface area contributed by atoms with Gasteiger partial charge in [-0.1, -0.05) is 6.92 Å². The van der Waals surface area contributed by atoms with Crippen molar-refractivity contribution in [1.82, 2.24) is 14.1 Å². The standard InChI is InChI=1S/C16H18FN3O4S/c1-10-6-18-20(7-10)15-4-3-12(5-14(15)17)25(23,24)19-8-11(2)13(9-19)16(21)22/h3-7,11,13H,8-9H2,1-2H3,(H,21,22)/t11-,13-/m1/s1. The van der Waals surface area contributed by atoms with Gasteiger partial charge in [-0.2, -0.15) is 9.40 Å². The Hall–Kier alpha value is -2.26. The minimum absolute atomic E-state index is 0.0982. The Kier molecular flexibility index (Phi) is 4.38. The van der Waals surface area contributed by atoms with Gasteiger partial charge < -0.3 is 5.11 Å². The van der Waals surface area contributed by atoms with E-state index in [9.17, 15) is 17.6 Å². The lowest BCUT2D eigenvalue weighted by Crippen LogP contribution is -2.30. The van der Waals surface area contributed by atoms with Crippen LogP contribution in [0.2, 0.25) is 0 Å². The lowest BCUT2D eigenvalue weighted by Gasteiger charge is -2.16. The molecule has 25 heavy (non-hydrogen) atoms. The summed E-state index contributed by atoms with van der Waals surface area (Å²) in [5, 5.41) is 13.2. The summed E-state index contributed by atoms with van der Waals surface area (Å²) in [6, 6.07) is 3.60. The number of nitrogens with zero attached hydrogens (tertiary/aromatic N) is 3. The average Bonchev–Trinajstić information content (AvgIpc) is 3.13. The third-order valence-corrected chi connectivity index (χ3v) is 6.24. The molecule has 9 heteroatoms. The lowest BCUT2D eigenvalue weighted by atomic mass is 9.99. The Morgan fingerprint density at radius 1 is 1.36 bits per heavy atom. The third kappa shape index (κ3) is 3.16. The molecule has 2 aromatic rings. The first-order chi connectivity index (χ1) is 11.7. The molecule has 134 valence electrons. The van der Waals surface area contributed by atoms with Crippen LogP contribution in [-0.2, 0) is 14.8 Å². The molecule has 1 aromatic heterocycles. The van der Waals surface area contributed by atoms with E-state index in [1.54, 1.807) is 19.3 Å². The van der Waals surface area contributed by atoms with E-state index >= 15 is 0 Å². The van der Waals surface area contributed by atoms with Crippen LogP contribution in [0.5, 0.6) is 0 Å². The summed E-state index contributed by atoms with van der Waals surface area (Å²) < 4.78 is 42.2. The zero-order chi connectivity index (χ0) is 18.4. The van der Waals surface area contributed by atoms with Crippen LogP contribution >= 0.6 is 0 Å². The number of aromatic nitrogens is 2. The molecule has 3 rings (SSSR count). The fraction of sp³-hybridized carbons (Fsp3) is 0.375. The van der Waals surface area contributed by atoms with Crippen molar-refractivity contribution in [2.75, 3.05) is 13.1 Å². The van der Waals surface area contributed by atoms with Crippen LogP contribution in [0, 0.1) is 24.6 Å². The summed E-state index contributed by atoms with van der Waals surface area (Å²) in [4.78, 5) is 11.0. The SMILES string of the molecule is Cc1cnn(-c2ccc(S(=O)(=O)N3C[C@@H](C)[C@H](C(=O)O)C3)cc2F)c1. The van der Waals surface area contributed by atoms with E-state index in [2.05, 4.69) is 5.10 Å². The van der Waals surface area contributed by atoms with Crippen LogP contribution in [0.15, 0.2) is 35.5 Å². The molecule has 1 fully saturated rings. The van der Waals surface area contributed by atoms with Gasteiger partial charge in [0, 0.05) is 19.3 Å². The maximum atomic E-state index is 14.4. The van der Waals surface area contributed by atoms with E-state index in [0.717, 1.165) is 15.9 Å². The number of sulfonamides is 1. The Morgan fingerprint density at radius 3 is 2.60 bits per heavy atom. The Balaban J connectivity index is 1.91. The number of aryl methyl sites for hydroxylation is 1. The second-order valence-electron chi connectivity index (χ2n) is 6.32. The highest BCUT2D eigenvalue weighted by molar-refractivity contribution is 7.89. The van der Waals surface area contributed by atoms with Gasteiger partial charge in [-0.15, -0.1) is 0 Å². The minimum atomic E-state index is -3.95. The molecule has 1 aliphatic rings. The molecule has 1 saturated heterocycles. The predicted molar refractivity (Wildman–Crippen MR) is 87.3 cm³/mol. The molecular formula is C16H18FN3O4S. The zero-order valence-electron chi connectivity index (χ0n) is 13.8. The summed E-state index contributed by atoms with van der Waals surface area (Å²) in [5.74, 6) is -2.80. The van der Waals surface area contributed by atoms with Gasteiger partial charge in [-0.25, -0.2) is 17.5 Å². The number of halogens is 1. The number of hydrogen-bond donors (Lipinski definition) is 1. The Labute approximate surface area is 144 Å². The van der Waals surface area contributed by atoms with E-state index in [1.807, 2.05) is 6.92 Å². The number of carboxylic acid groups (broad SMARTS) is 1. The summed E-state index contributed by atoms with van der Waals surface area (Å²) in [7, 11) is -3.95. The number of rotatable bonds is 4. The highest BCUT2D eigenvalue weighted by Crippen LogP contribution is 2.29. The van der Waals surface area contributed by atoms with Crippen LogP contribution < -0.4 is 0 Å². The van der Waals surface area contributed by atoms with E-state index in [1.165, 1.54) is 16.8 Å². The molecule has 0 spiro atoms. The van der Waals surface area contributed by atoms with Crippen LogP contribution in [-0.4, -0.2) is 46.7 Å². The zero-order valence-corrected chi connectivity index (χ0v) is 14.6. The molecule has 2 heterocycles. The fourth-order valence-electron chi connectivity index (χ4n) is 2.97. The van der Waals surface area contributed by atoms with Crippen molar-refractivity contribution in [3.05, 3.63) is 42.0 Å². The Bertz CT molecular complexity index is 925. The van der Waals surface area contributed by atoms with Gasteiger partial charge in [0.25, 0.3) is 0 Å². The quantitative estimate of drug-likeness (QED) is 0.887. The van der Waals surface area contributed by atoms with Gasteiger partial charge >= 0.3 is 5.97 Å². The first kappa shape index (κ1) is 17.6. The Morgan fingerprint density at radius 2 is 2.08 bits per heavy atom. The molecule has 1 aromatic carbocycles. The average molecular weight is 367 g/mol. The fourth-order valence-corrected chi connectivity index (χ4v) is 4.55. The summed E-state index contributed by atoms with van der Waals surface area (Å²) in [6.45, 7) is 3.49. The molecule has 0 aliphatic carbocycles. The number of aliphatic carboxylic acids is 1. The maximum Gasteiger partial charge on any atom is 0.308 e. The van der Waals surface area contributed by atoms with Gasteiger partial charge in [-0.05, 0) is 36.6 Å². The monoisotopic (exact) mass is 367 g/mol. The van der Waals surface area contributed by atoms with Crippen LogP contribution in [0.4, 0.5) is 4.39 Å². The van der Waals surface area contributed by atoms with Crippen molar-refractivity contribution in [2.45, 2.75) is 18.7 Å². The van der Waals surface area contributed by atoms with Crippen molar-refractivity contribution in [1.29, 1.82) is 0 Å². The minimum Gasteiger partial charge on any atom is -0.481 e. The molecular weight excluding hydrogens is 349 g/mol. The molecule has 0 bridgehead atoms. The van der Waals surface area contributed by atoms with Crippen molar-refractivity contribution < 1.29 is 22.7 Å². The second-order valence-corrected chi connectivity index (χ2v) is 8.26. The van der Waals surface area contributed by atoms with E-state index in [4.69, 9.17) is 5.11 Å². The molecule has 7 nitrogen and oxygen atoms in total. The van der Waals surface area contributed by atoms with E-state index < -0.39 is 27.7 Å². The van der Waals surface area contributed by atoms with Gasteiger partial charge in [0.1, 0.15) is 11.5 Å². The van der Waals surface area contributed by atoms with Gasteiger partial charge in [0.2, 0.25) is 10.0 Å². The highest BCUT2D eigenvalue weighted by Gasteiger charge is 2.40. The van der Waals surface area contributed by atoms with Crippen molar-refractivity contribution >= 4 is 16.0 Å². The van der Waals surface area contributed by atoms with Crippen LogP contribution in [0.3, 0.4) is 0 Å². The van der Waals surface area contributed by atoms with Crippen molar-refractivity contribution in [2.24, 2.45) is 11.8 Å². The maximum absolute atomic E-state index is 14.4. The first-order valence-corrected chi connectivity index (χ1v) is 9.18. The normalized spacial score (nSPS) is 21.6. The van der Waals surface area contributed by atoms with Crippen molar-refractivity contribution in [3.8, 4) is 5.69 Å². The summed E-state index contributed by atoms with van der Waals surface area (Å²) in [5.41, 5.74) is 0.993. The van der Waals surface area contributed by atoms with E-state index in [-0.39, 0.29) is 29.6 Å². The molecule has 0 amide bonds. The number of benzene rings is 1. The largest absolute Gasteiger partial charge is 0.481 e. The van der Waals surface area contributed by atoms with Gasteiger partial charge in [0.15, 0.2) is 0 Å². The molecule has 1 aliphatic heterocycles. The topological polar surface area (TPSA) is 92.5 Å². The van der Waals surface area contributed by atoms with Gasteiger partial charge in [0.05, 0.1) is 17.0 Å². The molecule has 0 unspecified atom stereocenters. The summed E-state index contributed by atoms with van der Waals surface area (Å²) in [6.07, 6.45) is 3.20. The van der Waals surface area contributed by atoms with Crippen molar-refractivity contribution in [3.63, 3.8) is 0 Å². The molecule has 1 N–H and O–H groups in total. The molecule has 2 atom stereocenters. The molecule has 0 radical (unpaired) electrons. The predicted octanol–water partition coefficient (Wildman–Crippen LogP) is 1.66. The number of carboxylic acids is 1. The lowest BCUT2D eigenvalue weighted by molar-refractivity contribution is -0.142. The summed E-state index contributed by atoms with van der Waals surface area (Å²) >= 11 is 0. The first-order valence-electron chi connectivity index (χ1n) is 7.74. The third-order valence-electron chi connectivity index (χ3n) is 4.41. The van der Waals surface area contributed by atoms with E-state index in [0.29, 0.717) is 0 Å².